The van der Waals surface area contributed by atoms with E-state index in [1.54, 1.807) is 0 Å². The molecule has 49 heavy (non-hydrogen) atoms. The van der Waals surface area contributed by atoms with Crippen LogP contribution in [0, 0.1) is 20.8 Å². The lowest BCUT2D eigenvalue weighted by Gasteiger charge is -2.26. The van der Waals surface area contributed by atoms with Crippen molar-refractivity contribution in [1.29, 1.82) is 0 Å². The largest absolute Gasteiger partial charge is 0.507 e. The van der Waals surface area contributed by atoms with E-state index in [0.29, 0.717) is 11.8 Å². The molecular formula is C36H46ClNO11. The van der Waals surface area contributed by atoms with E-state index >= 15 is 0 Å². The van der Waals surface area contributed by atoms with Gasteiger partial charge in [-0.1, -0.05) is 13.3 Å². The highest BCUT2D eigenvalue weighted by molar-refractivity contribution is 6.00. The highest BCUT2D eigenvalue weighted by Gasteiger charge is 2.26. The zero-order chi connectivity index (χ0) is 35.2. The van der Waals surface area contributed by atoms with Gasteiger partial charge in [-0.15, -0.1) is 12.4 Å². The van der Waals surface area contributed by atoms with Crippen LogP contribution in [-0.2, 0) is 4.74 Å². The number of aromatic carboxylic acids is 1. The summed E-state index contributed by atoms with van der Waals surface area (Å²) in [4.78, 5) is 37.6. The lowest BCUT2D eigenvalue weighted by Crippen LogP contribution is -2.37. The number of carbonyl (C=O) groups is 3. The number of carbonyl (C=O) groups excluding carboxylic acids is 2. The van der Waals surface area contributed by atoms with Crippen molar-refractivity contribution in [2.75, 3.05) is 53.2 Å². The van der Waals surface area contributed by atoms with Crippen LogP contribution in [0.3, 0.4) is 0 Å². The quantitative estimate of drug-likeness (QED) is 0.0761. The molecule has 12 nitrogen and oxygen atoms in total. The Morgan fingerprint density at radius 1 is 0.878 bits per heavy atom. The Morgan fingerprint density at radius 3 is 1.98 bits per heavy atom. The van der Waals surface area contributed by atoms with Gasteiger partial charge in [0.1, 0.15) is 45.6 Å². The molecule has 1 fully saturated rings. The predicted molar refractivity (Wildman–Crippen MR) is 186 cm³/mol. The lowest BCUT2D eigenvalue weighted by atomic mass is 10.0. The number of carboxylic acid groups (broad SMARTS) is 1. The first-order valence-electron chi connectivity index (χ1n) is 15.8. The number of rotatable bonds is 14. The fourth-order valence-corrected chi connectivity index (χ4v) is 4.98. The van der Waals surface area contributed by atoms with Gasteiger partial charge in [-0.05, 0) is 81.1 Å². The summed E-state index contributed by atoms with van der Waals surface area (Å²) in [6, 6.07) is 10.6. The molecular weight excluding hydrogens is 658 g/mol. The van der Waals surface area contributed by atoms with Crippen molar-refractivity contribution in [3.8, 4) is 34.5 Å². The van der Waals surface area contributed by atoms with Gasteiger partial charge >= 0.3 is 11.9 Å². The van der Waals surface area contributed by atoms with Crippen LogP contribution >= 0.6 is 12.4 Å². The number of nitrogens with zero attached hydrogens (tertiary/aromatic N) is 1. The maximum Gasteiger partial charge on any atom is 0.347 e. The molecule has 268 valence electrons. The number of hydrogen-bond acceptors (Lipinski definition) is 11. The van der Waals surface area contributed by atoms with E-state index in [9.17, 15) is 29.7 Å². The van der Waals surface area contributed by atoms with Crippen molar-refractivity contribution in [2.45, 2.75) is 47.0 Å². The molecule has 13 heteroatoms. The Bertz CT molecular complexity index is 1550. The SMILES string of the molecule is CCCCOc1ccc(OCCCN2CCOCC2)cc1.COc1cc(C)c(C(=O)Oc2cc(C)c(O)c(C(=O)O)c2C)c(O)c1C=O.Cl. The number of methoxy groups -OCH3 is 1. The number of aryl methyl sites for hydroxylation is 2. The monoisotopic (exact) mass is 703 g/mol. The summed E-state index contributed by atoms with van der Waals surface area (Å²) >= 11 is 0. The van der Waals surface area contributed by atoms with Gasteiger partial charge in [0.25, 0.3) is 0 Å². The molecule has 0 amide bonds. The van der Waals surface area contributed by atoms with Gasteiger partial charge in [-0.3, -0.25) is 9.69 Å². The van der Waals surface area contributed by atoms with Crippen molar-refractivity contribution in [3.05, 3.63) is 69.8 Å². The normalized spacial score (nSPS) is 12.5. The van der Waals surface area contributed by atoms with Crippen molar-refractivity contribution in [1.82, 2.24) is 4.90 Å². The van der Waals surface area contributed by atoms with Gasteiger partial charge in [-0.25, -0.2) is 9.59 Å². The van der Waals surface area contributed by atoms with Crippen LogP contribution in [0.4, 0.5) is 0 Å². The van der Waals surface area contributed by atoms with Gasteiger partial charge < -0.3 is 39.0 Å². The van der Waals surface area contributed by atoms with Crippen LogP contribution in [0.1, 0.15) is 74.0 Å². The maximum absolute atomic E-state index is 12.6. The highest BCUT2D eigenvalue weighted by Crippen LogP contribution is 2.36. The van der Waals surface area contributed by atoms with Crippen molar-refractivity contribution in [2.24, 2.45) is 0 Å². The van der Waals surface area contributed by atoms with E-state index in [1.165, 1.54) is 40.0 Å². The van der Waals surface area contributed by atoms with E-state index in [2.05, 4.69) is 11.8 Å². The zero-order valence-electron chi connectivity index (χ0n) is 28.6. The number of ether oxygens (including phenoxy) is 5. The van der Waals surface area contributed by atoms with Gasteiger partial charge in [0.15, 0.2) is 6.29 Å². The summed E-state index contributed by atoms with van der Waals surface area (Å²) in [7, 11) is 1.31. The summed E-state index contributed by atoms with van der Waals surface area (Å²) in [5.41, 5.74) is -0.307. The molecule has 0 saturated carbocycles. The standard InChI is InChI=1S/C19H18O8.C17H27NO3.ClH/c1-8-5-13(26-4)11(7-20)17(22)14(8)19(25)27-12-6-9(2)16(21)15(10(12)3)18(23)24;1-2-3-12-20-16-5-7-17(8-6-16)21-13-4-9-18-10-14-19-15-11-18;/h5-7,21-22H,1-4H3,(H,23,24);5-8H,2-4,9-15H2,1H3;1H. The van der Waals surface area contributed by atoms with E-state index in [1.807, 2.05) is 24.3 Å². The van der Waals surface area contributed by atoms with Crippen LogP contribution in [0.25, 0.3) is 0 Å². The molecule has 1 aliphatic rings. The molecule has 1 heterocycles. The first-order chi connectivity index (χ1) is 23.0. The molecule has 0 atom stereocenters. The average molecular weight is 704 g/mol. The third-order valence-corrected chi connectivity index (χ3v) is 7.74. The Labute approximate surface area is 292 Å². The predicted octanol–water partition coefficient (Wildman–Crippen LogP) is 6.15. The molecule has 0 radical (unpaired) electrons. The van der Waals surface area contributed by atoms with Crippen molar-refractivity contribution < 1.29 is 53.4 Å². The van der Waals surface area contributed by atoms with Crippen LogP contribution in [0.2, 0.25) is 0 Å². The molecule has 0 bridgehead atoms. The van der Waals surface area contributed by atoms with Crippen LogP contribution in [-0.4, -0.2) is 91.6 Å². The summed E-state index contributed by atoms with van der Waals surface area (Å²) in [6.07, 6.45) is 3.65. The van der Waals surface area contributed by atoms with Gasteiger partial charge in [-0.2, -0.15) is 0 Å². The summed E-state index contributed by atoms with van der Waals surface area (Å²) in [5, 5.41) is 29.5. The van der Waals surface area contributed by atoms with E-state index in [0.717, 1.165) is 76.8 Å². The topological polar surface area (TPSA) is 161 Å². The number of benzene rings is 3. The number of phenolic OH excluding ortho intramolecular Hbond substituents is 1. The first kappa shape index (κ1) is 40.7. The van der Waals surface area contributed by atoms with Gasteiger partial charge in [0.2, 0.25) is 0 Å². The van der Waals surface area contributed by atoms with Gasteiger partial charge in [0.05, 0.1) is 39.1 Å². The second kappa shape index (κ2) is 20.1. The Morgan fingerprint density at radius 2 is 1.45 bits per heavy atom. The highest BCUT2D eigenvalue weighted by atomic mass is 35.5. The van der Waals surface area contributed by atoms with Crippen LogP contribution < -0.4 is 18.9 Å². The second-order valence-corrected chi connectivity index (χ2v) is 11.2. The lowest BCUT2D eigenvalue weighted by molar-refractivity contribution is 0.0358. The van der Waals surface area contributed by atoms with Crippen LogP contribution in [0.5, 0.6) is 34.5 Å². The minimum atomic E-state index is -1.38. The molecule has 3 aromatic carbocycles. The van der Waals surface area contributed by atoms with E-state index in [4.69, 9.17) is 23.7 Å². The third-order valence-electron chi connectivity index (χ3n) is 7.74. The fourth-order valence-electron chi connectivity index (χ4n) is 4.98. The number of carboxylic acids is 1. The summed E-state index contributed by atoms with van der Waals surface area (Å²) in [5.74, 6) is -1.54. The van der Waals surface area contributed by atoms with E-state index < -0.39 is 23.4 Å². The summed E-state index contributed by atoms with van der Waals surface area (Å²) < 4.78 is 27.0. The minimum Gasteiger partial charge on any atom is -0.507 e. The molecule has 3 aromatic rings. The van der Waals surface area contributed by atoms with Crippen molar-refractivity contribution in [3.63, 3.8) is 0 Å². The number of hydrogen-bond donors (Lipinski definition) is 3. The van der Waals surface area contributed by atoms with E-state index in [-0.39, 0.29) is 51.7 Å². The number of aromatic hydroxyl groups is 2. The Balaban J connectivity index is 0.000000343. The first-order valence-corrected chi connectivity index (χ1v) is 15.8. The fraction of sp³-hybridized carbons (Fsp3) is 0.417. The van der Waals surface area contributed by atoms with Crippen molar-refractivity contribution >= 4 is 30.6 Å². The zero-order valence-corrected chi connectivity index (χ0v) is 29.4. The maximum atomic E-state index is 12.6. The third kappa shape index (κ3) is 11.3. The molecule has 0 aliphatic carbocycles. The molecule has 0 unspecified atom stereocenters. The molecule has 0 aromatic heterocycles. The Hall–Kier alpha value is -4.52. The number of morpholine rings is 1. The molecule has 4 rings (SSSR count). The number of unbranched alkanes of at least 4 members (excludes halogenated alkanes) is 1. The smallest absolute Gasteiger partial charge is 0.347 e. The van der Waals surface area contributed by atoms with Gasteiger partial charge in [0, 0.05) is 25.2 Å². The molecule has 0 spiro atoms. The number of aldehydes is 1. The molecule has 1 aliphatic heterocycles. The second-order valence-electron chi connectivity index (χ2n) is 11.2. The minimum absolute atomic E-state index is 0. The summed E-state index contributed by atoms with van der Waals surface area (Å²) in [6.45, 7) is 13.0. The number of phenols is 2. The Kier molecular flexibility index (Phi) is 16.7. The molecule has 1 saturated heterocycles. The average Bonchev–Trinajstić information content (AvgIpc) is 3.07. The molecule has 3 N–H and O–H groups in total. The van der Waals surface area contributed by atoms with Crippen LogP contribution in [0.15, 0.2) is 36.4 Å². The number of halogens is 1. The number of esters is 1.